The second-order valence-corrected chi connectivity index (χ2v) is 16.8. The van der Waals surface area contributed by atoms with Crippen LogP contribution in [0.4, 0.5) is 0 Å². The van der Waals surface area contributed by atoms with Crippen molar-refractivity contribution in [3.63, 3.8) is 0 Å². The number of rotatable bonds is 36. The van der Waals surface area contributed by atoms with E-state index in [-0.39, 0.29) is 30.5 Å². The number of ether oxygens (including phenoxy) is 4. The number of amides is 4. The molecule has 63 heavy (non-hydrogen) atoms. The number of nitrogens with one attached hydrogen (secondary N) is 3. The number of hydrogen-bond acceptors (Lipinski definition) is 13. The third-order valence-corrected chi connectivity index (χ3v) is 11.0. The highest BCUT2D eigenvalue weighted by atomic mass is 16.6. The molecule has 1 heterocycles. The van der Waals surface area contributed by atoms with Gasteiger partial charge >= 0.3 is 17.9 Å². The van der Waals surface area contributed by atoms with Crippen LogP contribution in [0, 0.1) is 0 Å². The standard InChI is InChI=1S/C45H80N4O14/c1-6-8-10-12-14-15-16-17-19-21-23-25-37(53)62-33(24-22-20-18-13-11-9-7-2)28-38(54)60-29-35-40(55)41(39(45(59)63-35)48-32(5)50)61-31(4)44(58)47-30(3)43(57)49-34(42(46)56)26-27-36(51)52/h30-31,33-35,39-41,45,55,59H,6-29H2,1-5H3,(H2,46,56)(H,47,58)(H,48,50)(H,49,57)(H,51,52)/t30-,31+,33+,34-,35+,39+,40+,41+,45?/m0/s1/i/hD. The van der Waals surface area contributed by atoms with E-state index >= 15 is 0 Å². The Kier molecular flexibility index (Phi) is 29.5. The number of nitrogens with two attached hydrogens (primary N) is 1. The van der Waals surface area contributed by atoms with Crippen LogP contribution in [0.5, 0.6) is 0 Å². The lowest BCUT2D eigenvalue weighted by Crippen LogP contribution is -2.66. The van der Waals surface area contributed by atoms with Gasteiger partial charge in [0.25, 0.3) is 0 Å². The first-order chi connectivity index (χ1) is 30.4. The van der Waals surface area contributed by atoms with Gasteiger partial charge in [-0.2, -0.15) is 0 Å². The lowest BCUT2D eigenvalue weighted by Gasteiger charge is -2.43. The predicted octanol–water partition coefficient (Wildman–Crippen LogP) is 4.37. The molecule has 4 amide bonds. The fraction of sp³-hybridized carbons (Fsp3) is 0.844. The third kappa shape index (κ3) is 25.9. The van der Waals surface area contributed by atoms with Gasteiger partial charge in [0.15, 0.2) is 7.70 Å². The van der Waals surface area contributed by atoms with Gasteiger partial charge in [-0.05, 0) is 39.5 Å². The van der Waals surface area contributed by atoms with Gasteiger partial charge in [0.2, 0.25) is 23.6 Å². The molecule has 1 rings (SSSR count). The molecule has 0 saturated carbocycles. The average Bonchev–Trinajstić information content (AvgIpc) is 3.24. The summed E-state index contributed by atoms with van der Waals surface area (Å²) >= 11 is 0. The number of aliphatic hydroxyl groups is 2. The number of aliphatic hydroxyl groups excluding tert-OH is 2. The summed E-state index contributed by atoms with van der Waals surface area (Å²) in [7, 11) is 0. The van der Waals surface area contributed by atoms with Crippen LogP contribution < -0.4 is 21.7 Å². The van der Waals surface area contributed by atoms with Crippen molar-refractivity contribution < 1.29 is 69.2 Å². The molecule has 8 N–H and O–H groups in total. The van der Waals surface area contributed by atoms with Crippen LogP contribution in [0.25, 0.3) is 0 Å². The second kappa shape index (κ2) is 33.6. The van der Waals surface area contributed by atoms with Crippen LogP contribution >= 0.6 is 0 Å². The molecule has 9 atom stereocenters. The Balaban J connectivity index is 2.91. The number of carboxylic acid groups (broad SMARTS) is 1. The first-order valence-electron chi connectivity index (χ1n) is 23.8. The Morgan fingerprint density at radius 1 is 0.746 bits per heavy atom. The van der Waals surface area contributed by atoms with Gasteiger partial charge in [0, 0.05) is 19.8 Å². The number of carbonyl (C=O) groups is 7. The molecule has 0 radical (unpaired) electrons. The zero-order valence-electron chi connectivity index (χ0n) is 39.5. The van der Waals surface area contributed by atoms with E-state index in [1.807, 2.05) is 0 Å². The SMILES string of the molecule is [2H]N(C(=O)[C@@H](C)O[C@H]1[C@H](O)[C@@H](COC(=O)C[C@@H](CCCCCCCCC)OC(=O)CCCCCCCCCCCCC)OC(O)[C@@H]1NC(C)=O)[C@@H](C)C(=O)N[C@@H](CCC(=O)O)C(N)=O. The zero-order valence-corrected chi connectivity index (χ0v) is 38.5. The van der Waals surface area contributed by atoms with E-state index in [0.29, 0.717) is 12.8 Å². The van der Waals surface area contributed by atoms with E-state index in [1.54, 1.807) is 0 Å². The first kappa shape index (κ1) is 55.3. The molecule has 1 fully saturated rings. The lowest BCUT2D eigenvalue weighted by molar-refractivity contribution is -0.267. The van der Waals surface area contributed by atoms with E-state index < -0.39 is 104 Å². The number of carbonyl (C=O) groups excluding carboxylic acids is 6. The maximum atomic E-state index is 13.3. The molecule has 0 aromatic rings. The van der Waals surface area contributed by atoms with Gasteiger partial charge in [-0.3, -0.25) is 33.6 Å². The molecule has 1 aliphatic rings. The van der Waals surface area contributed by atoms with Crippen LogP contribution in [-0.2, 0) is 52.5 Å². The first-order valence-corrected chi connectivity index (χ1v) is 23.4. The lowest BCUT2D eigenvalue weighted by atomic mass is 9.96. The Labute approximate surface area is 375 Å². The monoisotopic (exact) mass is 902 g/mol. The smallest absolute Gasteiger partial charge is 0.309 e. The molecule has 18 heteroatoms. The molecule has 364 valence electrons. The fourth-order valence-corrected chi connectivity index (χ4v) is 7.25. The van der Waals surface area contributed by atoms with Crippen molar-refractivity contribution in [2.45, 2.75) is 237 Å². The molecule has 0 aliphatic carbocycles. The molecular formula is C45H80N4O14. The third-order valence-electron chi connectivity index (χ3n) is 11.0. The largest absolute Gasteiger partial charge is 0.481 e. The van der Waals surface area contributed by atoms with Crippen LogP contribution in [0.3, 0.4) is 0 Å². The predicted molar refractivity (Wildman–Crippen MR) is 234 cm³/mol. The van der Waals surface area contributed by atoms with Gasteiger partial charge in [0.05, 0.1) is 6.42 Å². The molecule has 18 nitrogen and oxygen atoms in total. The van der Waals surface area contributed by atoms with Gasteiger partial charge < -0.3 is 55.9 Å². The van der Waals surface area contributed by atoms with Gasteiger partial charge in [0.1, 0.15) is 55.3 Å². The minimum Gasteiger partial charge on any atom is -0.481 e. The number of aliphatic carboxylic acids is 1. The molecule has 0 bridgehead atoms. The summed E-state index contributed by atoms with van der Waals surface area (Å²) in [6.45, 7) is 7.27. The highest BCUT2D eigenvalue weighted by Gasteiger charge is 2.47. The minimum atomic E-state index is -1.82. The van der Waals surface area contributed by atoms with Crippen molar-refractivity contribution in [3.8, 4) is 0 Å². The van der Waals surface area contributed by atoms with Gasteiger partial charge in [-0.25, -0.2) is 0 Å². The van der Waals surface area contributed by atoms with Crippen LogP contribution in [0.1, 0.15) is 182 Å². The highest BCUT2D eigenvalue weighted by Crippen LogP contribution is 2.25. The summed E-state index contributed by atoms with van der Waals surface area (Å²) in [4.78, 5) is 87.0. The molecule has 1 unspecified atom stereocenters. The highest BCUT2D eigenvalue weighted by molar-refractivity contribution is 5.92. The number of esters is 2. The zero-order chi connectivity index (χ0) is 48.0. The number of carboxylic acids is 1. The summed E-state index contributed by atoms with van der Waals surface area (Å²) in [5.41, 5.74) is 5.28. The van der Waals surface area contributed by atoms with Crippen molar-refractivity contribution in [1.82, 2.24) is 15.9 Å². The second-order valence-electron chi connectivity index (χ2n) is 16.8. The summed E-state index contributed by atoms with van der Waals surface area (Å²) in [5, 5.41) is 36.1. The molecule has 0 aromatic carbocycles. The van der Waals surface area contributed by atoms with E-state index in [4.69, 9.17) is 31.2 Å². The number of hydrogen-bond donors (Lipinski definition) is 7. The van der Waals surface area contributed by atoms with Crippen molar-refractivity contribution >= 4 is 41.5 Å². The Bertz CT molecular complexity index is 1410. The van der Waals surface area contributed by atoms with Crippen LogP contribution in [0.15, 0.2) is 0 Å². The van der Waals surface area contributed by atoms with Crippen LogP contribution in [-0.4, -0.2) is 118 Å². The fourth-order valence-electron chi connectivity index (χ4n) is 7.25. The van der Waals surface area contributed by atoms with Crippen molar-refractivity contribution in [2.24, 2.45) is 5.73 Å². The van der Waals surface area contributed by atoms with Crippen LogP contribution in [0.2, 0.25) is 1.41 Å². The van der Waals surface area contributed by atoms with Crippen molar-refractivity contribution in [3.05, 3.63) is 0 Å². The summed E-state index contributed by atoms with van der Waals surface area (Å²) < 4.78 is 30.9. The molecule has 1 saturated heterocycles. The molecule has 0 spiro atoms. The number of unbranched alkanes of at least 4 members (excludes halogenated alkanes) is 16. The van der Waals surface area contributed by atoms with Gasteiger partial charge in [-0.1, -0.05) is 117 Å². The normalized spacial score (nSPS) is 20.6. The van der Waals surface area contributed by atoms with Crippen molar-refractivity contribution in [2.75, 3.05) is 6.61 Å². The quantitative estimate of drug-likeness (QED) is 0.0340. The molecule has 0 aromatic heterocycles. The van der Waals surface area contributed by atoms with E-state index in [2.05, 4.69) is 24.5 Å². The Morgan fingerprint density at radius 2 is 1.29 bits per heavy atom. The maximum Gasteiger partial charge on any atom is 0.309 e. The molecule has 1 aliphatic heterocycles. The van der Waals surface area contributed by atoms with E-state index in [1.165, 1.54) is 65.2 Å². The summed E-state index contributed by atoms with van der Waals surface area (Å²) in [6, 6.07) is -4.36. The van der Waals surface area contributed by atoms with Gasteiger partial charge in [-0.15, -0.1) is 0 Å². The van der Waals surface area contributed by atoms with E-state index in [0.717, 1.165) is 64.7 Å². The summed E-state index contributed by atoms with van der Waals surface area (Å²) in [6.07, 6.45) is 10.6. The maximum absolute atomic E-state index is 13.3. The topological polar surface area (TPSA) is 279 Å². The minimum absolute atomic E-state index is 0.242. The Hall–Kier alpha value is -3.87. The summed E-state index contributed by atoms with van der Waals surface area (Å²) in [5.74, 6) is -6.13. The number of primary amides is 1. The Morgan fingerprint density at radius 3 is 1.81 bits per heavy atom. The van der Waals surface area contributed by atoms with E-state index in [9.17, 15) is 43.8 Å². The molecular weight excluding hydrogens is 821 g/mol. The van der Waals surface area contributed by atoms with Crippen molar-refractivity contribution in [1.29, 1.82) is 0 Å². The average molecular weight is 902 g/mol.